The lowest BCUT2D eigenvalue weighted by Crippen LogP contribution is -2.07. The number of carbonyl (C=O) groups excluding carboxylic acids is 1. The van der Waals surface area contributed by atoms with Crippen molar-refractivity contribution in [2.75, 3.05) is 7.11 Å². The fourth-order valence-electron chi connectivity index (χ4n) is 1.15. The molecule has 0 aliphatic heterocycles. The molecule has 1 aromatic rings. The number of hydrogen-bond donors (Lipinski definition) is 1. The van der Waals surface area contributed by atoms with Gasteiger partial charge in [0, 0.05) is 18.1 Å². The maximum atomic E-state index is 12.9. The fourth-order valence-corrected chi connectivity index (χ4v) is 1.15. The summed E-state index contributed by atoms with van der Waals surface area (Å²) < 4.78 is 30.6. The number of halogens is 2. The van der Waals surface area contributed by atoms with Crippen molar-refractivity contribution in [3.8, 4) is 5.75 Å². The van der Waals surface area contributed by atoms with Gasteiger partial charge < -0.3 is 10.5 Å². The second-order valence-corrected chi connectivity index (χ2v) is 3.08. The topological polar surface area (TPSA) is 52.3 Å². The minimum absolute atomic E-state index is 0.0299. The summed E-state index contributed by atoms with van der Waals surface area (Å²) in [6.07, 6.45) is 2.94. The first-order valence-corrected chi connectivity index (χ1v) is 4.52. The average molecular weight is 227 g/mol. The molecule has 0 bridgehead atoms. The van der Waals surface area contributed by atoms with E-state index in [0.29, 0.717) is 5.56 Å². The summed E-state index contributed by atoms with van der Waals surface area (Å²) in [6.45, 7) is 0. The number of hydrogen-bond acceptors (Lipinski definition) is 2. The number of ether oxygens (including phenoxy) is 1. The van der Waals surface area contributed by atoms with Crippen LogP contribution in [0.3, 0.4) is 0 Å². The summed E-state index contributed by atoms with van der Waals surface area (Å²) in [6, 6.07) is 1.94. The lowest BCUT2D eigenvalue weighted by Gasteiger charge is -2.05. The van der Waals surface area contributed by atoms with Crippen molar-refractivity contribution in [2.45, 2.75) is 6.42 Å². The summed E-state index contributed by atoms with van der Waals surface area (Å²) in [4.78, 5) is 10.5. The molecule has 5 heteroatoms. The Hall–Kier alpha value is -1.91. The standard InChI is InChI=1S/C11H11F2NO2/c1-16-10-6-9(13)8(12)5-7(10)3-2-4-11(14)15/h2-3,5-6H,4H2,1H3,(H2,14,15). The number of benzene rings is 1. The van der Waals surface area contributed by atoms with Gasteiger partial charge in [0.25, 0.3) is 0 Å². The van der Waals surface area contributed by atoms with Gasteiger partial charge in [-0.05, 0) is 6.07 Å². The first kappa shape index (κ1) is 12.2. The molecule has 0 saturated heterocycles. The Labute approximate surface area is 91.5 Å². The van der Waals surface area contributed by atoms with E-state index < -0.39 is 17.5 Å². The van der Waals surface area contributed by atoms with Crippen LogP contribution < -0.4 is 10.5 Å². The van der Waals surface area contributed by atoms with E-state index in [1.165, 1.54) is 19.3 Å². The quantitative estimate of drug-likeness (QED) is 0.853. The molecule has 0 atom stereocenters. The zero-order valence-electron chi connectivity index (χ0n) is 8.67. The van der Waals surface area contributed by atoms with E-state index in [9.17, 15) is 13.6 Å². The van der Waals surface area contributed by atoms with Crippen LogP contribution in [0.25, 0.3) is 6.08 Å². The Kier molecular flexibility index (Phi) is 3.99. The Bertz CT molecular complexity index is 430. The highest BCUT2D eigenvalue weighted by molar-refractivity contribution is 5.76. The number of methoxy groups -OCH3 is 1. The molecule has 0 spiro atoms. The van der Waals surface area contributed by atoms with E-state index in [0.717, 1.165) is 12.1 Å². The van der Waals surface area contributed by atoms with Gasteiger partial charge in [-0.3, -0.25) is 4.79 Å². The third kappa shape index (κ3) is 3.05. The van der Waals surface area contributed by atoms with Crippen LogP contribution in [0.15, 0.2) is 18.2 Å². The first-order chi connectivity index (χ1) is 7.54. The predicted octanol–water partition coefficient (Wildman–Crippen LogP) is 1.86. The van der Waals surface area contributed by atoms with Gasteiger partial charge in [0.1, 0.15) is 5.75 Å². The minimum atomic E-state index is -0.982. The number of carbonyl (C=O) groups is 1. The van der Waals surface area contributed by atoms with Crippen LogP contribution in [-0.4, -0.2) is 13.0 Å². The molecular weight excluding hydrogens is 216 g/mol. The van der Waals surface area contributed by atoms with E-state index in [-0.39, 0.29) is 12.2 Å². The zero-order chi connectivity index (χ0) is 12.1. The van der Waals surface area contributed by atoms with Crippen LogP contribution in [-0.2, 0) is 4.79 Å². The maximum Gasteiger partial charge on any atom is 0.221 e. The van der Waals surface area contributed by atoms with Gasteiger partial charge in [-0.2, -0.15) is 0 Å². The Balaban J connectivity index is 2.98. The average Bonchev–Trinajstić information content (AvgIpc) is 2.22. The SMILES string of the molecule is COc1cc(F)c(F)cc1C=CCC(N)=O. The van der Waals surface area contributed by atoms with Gasteiger partial charge in [0.2, 0.25) is 5.91 Å². The molecule has 1 amide bonds. The highest BCUT2D eigenvalue weighted by Gasteiger charge is 2.07. The summed E-state index contributed by atoms with van der Waals surface area (Å²) in [5.74, 6) is -2.26. The van der Waals surface area contributed by atoms with E-state index >= 15 is 0 Å². The molecule has 0 aliphatic rings. The highest BCUT2D eigenvalue weighted by atomic mass is 19.2. The van der Waals surface area contributed by atoms with Crippen molar-refractivity contribution < 1.29 is 18.3 Å². The first-order valence-electron chi connectivity index (χ1n) is 4.52. The third-order valence-electron chi connectivity index (χ3n) is 1.89. The summed E-state index contributed by atoms with van der Waals surface area (Å²) in [5.41, 5.74) is 5.28. The van der Waals surface area contributed by atoms with Crippen LogP contribution in [0, 0.1) is 11.6 Å². The third-order valence-corrected chi connectivity index (χ3v) is 1.89. The van der Waals surface area contributed by atoms with Crippen molar-refractivity contribution in [3.05, 3.63) is 35.4 Å². The van der Waals surface area contributed by atoms with Crippen molar-refractivity contribution in [2.24, 2.45) is 5.73 Å². The van der Waals surface area contributed by atoms with Gasteiger partial charge in [0.05, 0.1) is 7.11 Å². The number of rotatable bonds is 4. The minimum Gasteiger partial charge on any atom is -0.496 e. The molecule has 86 valence electrons. The predicted molar refractivity (Wildman–Crippen MR) is 55.8 cm³/mol. The molecule has 0 fully saturated rings. The van der Waals surface area contributed by atoms with Gasteiger partial charge in [-0.25, -0.2) is 8.78 Å². The van der Waals surface area contributed by atoms with Crippen molar-refractivity contribution in [3.63, 3.8) is 0 Å². The molecular formula is C11H11F2NO2. The molecule has 0 unspecified atom stereocenters. The Morgan fingerprint density at radius 3 is 2.62 bits per heavy atom. The molecule has 3 nitrogen and oxygen atoms in total. The molecule has 1 aromatic carbocycles. The van der Waals surface area contributed by atoms with Crippen LogP contribution >= 0.6 is 0 Å². The van der Waals surface area contributed by atoms with Crippen LogP contribution in [0.2, 0.25) is 0 Å². The summed E-state index contributed by atoms with van der Waals surface area (Å²) >= 11 is 0. The molecule has 2 N–H and O–H groups in total. The van der Waals surface area contributed by atoms with E-state index in [1.807, 2.05) is 0 Å². The van der Waals surface area contributed by atoms with Crippen molar-refractivity contribution >= 4 is 12.0 Å². The summed E-state index contributed by atoms with van der Waals surface area (Å²) in [7, 11) is 1.35. The second-order valence-electron chi connectivity index (χ2n) is 3.08. The lowest BCUT2D eigenvalue weighted by atomic mass is 10.1. The van der Waals surface area contributed by atoms with Gasteiger partial charge in [-0.15, -0.1) is 0 Å². The second kappa shape index (κ2) is 5.25. The molecule has 0 aromatic heterocycles. The van der Waals surface area contributed by atoms with Gasteiger partial charge in [-0.1, -0.05) is 12.2 Å². The molecule has 0 radical (unpaired) electrons. The van der Waals surface area contributed by atoms with Crippen LogP contribution in [0.4, 0.5) is 8.78 Å². The molecule has 0 heterocycles. The molecule has 0 aliphatic carbocycles. The number of nitrogens with two attached hydrogens (primary N) is 1. The maximum absolute atomic E-state index is 12.9. The van der Waals surface area contributed by atoms with E-state index in [1.54, 1.807) is 0 Å². The normalized spacial score (nSPS) is 10.7. The summed E-state index contributed by atoms with van der Waals surface area (Å²) in [5, 5.41) is 0. The Morgan fingerprint density at radius 2 is 2.06 bits per heavy atom. The highest BCUT2D eigenvalue weighted by Crippen LogP contribution is 2.23. The monoisotopic (exact) mass is 227 g/mol. The largest absolute Gasteiger partial charge is 0.496 e. The van der Waals surface area contributed by atoms with Crippen molar-refractivity contribution in [1.82, 2.24) is 0 Å². The van der Waals surface area contributed by atoms with E-state index in [2.05, 4.69) is 0 Å². The smallest absolute Gasteiger partial charge is 0.221 e. The molecule has 16 heavy (non-hydrogen) atoms. The molecule has 1 rings (SSSR count). The van der Waals surface area contributed by atoms with Gasteiger partial charge >= 0.3 is 0 Å². The zero-order valence-corrected chi connectivity index (χ0v) is 8.67. The van der Waals surface area contributed by atoms with Crippen LogP contribution in [0.5, 0.6) is 5.75 Å². The Morgan fingerprint density at radius 1 is 1.44 bits per heavy atom. The van der Waals surface area contributed by atoms with Crippen molar-refractivity contribution in [1.29, 1.82) is 0 Å². The molecule has 0 saturated carbocycles. The van der Waals surface area contributed by atoms with Gasteiger partial charge in [0.15, 0.2) is 11.6 Å². The number of amides is 1. The van der Waals surface area contributed by atoms with E-state index in [4.69, 9.17) is 10.5 Å². The lowest BCUT2D eigenvalue weighted by molar-refractivity contribution is -0.117. The van der Waals surface area contributed by atoms with Crippen LogP contribution in [0.1, 0.15) is 12.0 Å². The number of primary amides is 1. The fraction of sp³-hybridized carbons (Fsp3) is 0.182.